The van der Waals surface area contributed by atoms with Gasteiger partial charge in [0.15, 0.2) is 11.6 Å². The maximum atomic E-state index is 13.8. The van der Waals surface area contributed by atoms with Crippen LogP contribution in [-0.4, -0.2) is 6.54 Å². The molecule has 0 aliphatic rings. The van der Waals surface area contributed by atoms with E-state index >= 15 is 0 Å². The summed E-state index contributed by atoms with van der Waals surface area (Å²) >= 11 is 3.19. The van der Waals surface area contributed by atoms with Gasteiger partial charge in [-0.3, -0.25) is 0 Å². The lowest BCUT2D eigenvalue weighted by Gasteiger charge is -2.23. The topological polar surface area (TPSA) is 12.0 Å². The van der Waals surface area contributed by atoms with Gasteiger partial charge in [0, 0.05) is 0 Å². The van der Waals surface area contributed by atoms with Crippen molar-refractivity contribution in [3.63, 3.8) is 0 Å². The van der Waals surface area contributed by atoms with Crippen molar-refractivity contribution in [3.05, 3.63) is 68.7 Å². The molecule has 0 saturated heterocycles. The van der Waals surface area contributed by atoms with Crippen LogP contribution >= 0.6 is 15.9 Å². The highest BCUT2D eigenvalue weighted by molar-refractivity contribution is 9.10. The van der Waals surface area contributed by atoms with Crippen LogP contribution in [0.15, 0.2) is 34.8 Å². The molecule has 1 atom stereocenters. The van der Waals surface area contributed by atoms with Crippen LogP contribution in [0.1, 0.15) is 35.2 Å². The molecule has 2 aromatic rings. The molecule has 0 radical (unpaired) electrons. The van der Waals surface area contributed by atoms with Gasteiger partial charge in [-0.05, 0) is 59.1 Å². The van der Waals surface area contributed by atoms with Crippen molar-refractivity contribution in [2.24, 2.45) is 0 Å². The first-order valence-electron chi connectivity index (χ1n) is 6.89. The van der Waals surface area contributed by atoms with Gasteiger partial charge in [0.1, 0.15) is 0 Å². The molecule has 0 aliphatic carbocycles. The molecule has 4 heteroatoms. The molecule has 0 amide bonds. The van der Waals surface area contributed by atoms with E-state index in [0.29, 0.717) is 5.56 Å². The maximum Gasteiger partial charge on any atom is 0.173 e. The summed E-state index contributed by atoms with van der Waals surface area (Å²) in [5, 5.41) is 3.35. The summed E-state index contributed by atoms with van der Waals surface area (Å²) in [4.78, 5) is 0. The zero-order valence-electron chi connectivity index (χ0n) is 12.3. The molecule has 0 bridgehead atoms. The van der Waals surface area contributed by atoms with Gasteiger partial charge in [-0.2, -0.15) is 0 Å². The lowest BCUT2D eigenvalue weighted by atomic mass is 9.93. The van der Waals surface area contributed by atoms with Crippen LogP contribution in [0.2, 0.25) is 0 Å². The van der Waals surface area contributed by atoms with Crippen LogP contribution in [0.4, 0.5) is 8.78 Å². The Kier molecular flexibility index (Phi) is 5.12. The van der Waals surface area contributed by atoms with Crippen LogP contribution in [-0.2, 0) is 0 Å². The maximum absolute atomic E-state index is 13.8. The van der Waals surface area contributed by atoms with Crippen molar-refractivity contribution < 1.29 is 8.78 Å². The molecular formula is C17H18BrF2N. The van der Waals surface area contributed by atoms with Gasteiger partial charge in [0.2, 0.25) is 0 Å². The van der Waals surface area contributed by atoms with Gasteiger partial charge in [0.25, 0.3) is 0 Å². The Morgan fingerprint density at radius 2 is 1.81 bits per heavy atom. The van der Waals surface area contributed by atoms with Crippen molar-refractivity contribution in [1.82, 2.24) is 5.32 Å². The predicted molar refractivity (Wildman–Crippen MR) is 85.5 cm³/mol. The van der Waals surface area contributed by atoms with E-state index in [2.05, 4.69) is 27.3 Å². The Hall–Kier alpha value is -1.26. The third kappa shape index (κ3) is 3.33. The van der Waals surface area contributed by atoms with E-state index in [1.807, 2.05) is 32.9 Å². The molecule has 21 heavy (non-hydrogen) atoms. The molecule has 112 valence electrons. The first-order valence-corrected chi connectivity index (χ1v) is 7.69. The molecule has 0 heterocycles. The molecule has 1 N–H and O–H groups in total. The Labute approximate surface area is 132 Å². The molecule has 2 rings (SSSR count). The second kappa shape index (κ2) is 6.67. The number of nitrogens with one attached hydrogen (secondary N) is 1. The normalized spacial score (nSPS) is 12.5. The van der Waals surface area contributed by atoms with E-state index in [1.165, 1.54) is 6.07 Å². The van der Waals surface area contributed by atoms with Gasteiger partial charge < -0.3 is 5.32 Å². The molecule has 0 aliphatic heterocycles. The average molecular weight is 354 g/mol. The van der Waals surface area contributed by atoms with Crippen molar-refractivity contribution in [1.29, 1.82) is 0 Å². The highest BCUT2D eigenvalue weighted by atomic mass is 79.9. The first-order chi connectivity index (χ1) is 9.95. The van der Waals surface area contributed by atoms with Crippen LogP contribution in [0.25, 0.3) is 0 Å². The van der Waals surface area contributed by atoms with Crippen LogP contribution in [0.5, 0.6) is 0 Å². The van der Waals surface area contributed by atoms with E-state index in [9.17, 15) is 8.78 Å². The zero-order chi connectivity index (χ0) is 15.6. The number of hydrogen-bond acceptors (Lipinski definition) is 1. The molecule has 0 spiro atoms. The van der Waals surface area contributed by atoms with Crippen LogP contribution in [0.3, 0.4) is 0 Å². The predicted octanol–water partition coefficient (Wildman–Crippen LogP) is 5.04. The molecule has 0 fully saturated rings. The molecular weight excluding hydrogens is 336 g/mol. The van der Waals surface area contributed by atoms with Gasteiger partial charge in [-0.15, -0.1) is 0 Å². The second-order valence-corrected chi connectivity index (χ2v) is 5.91. The third-order valence-electron chi connectivity index (χ3n) is 3.53. The van der Waals surface area contributed by atoms with Gasteiger partial charge in [0.05, 0.1) is 10.5 Å². The van der Waals surface area contributed by atoms with Crippen molar-refractivity contribution in [2.45, 2.75) is 26.8 Å². The fraction of sp³-hybridized carbons (Fsp3) is 0.294. The standard InChI is InChI=1S/C17H18BrF2N/c1-4-21-17(13-9-10(2)5-6-11(13)3)12-7-8-14(19)16(20)15(12)18/h5-9,17,21H,4H2,1-3H3. The Balaban J connectivity index is 2.59. The van der Waals surface area contributed by atoms with Gasteiger partial charge in [-0.1, -0.05) is 36.8 Å². The number of hydrogen-bond donors (Lipinski definition) is 1. The van der Waals surface area contributed by atoms with E-state index in [0.717, 1.165) is 23.2 Å². The van der Waals surface area contributed by atoms with Crippen LogP contribution < -0.4 is 5.32 Å². The van der Waals surface area contributed by atoms with Gasteiger partial charge >= 0.3 is 0 Å². The van der Waals surface area contributed by atoms with E-state index in [4.69, 9.17) is 0 Å². The lowest BCUT2D eigenvalue weighted by Crippen LogP contribution is -2.23. The number of halogens is 3. The minimum Gasteiger partial charge on any atom is -0.306 e. The largest absolute Gasteiger partial charge is 0.306 e. The molecule has 0 aromatic heterocycles. The van der Waals surface area contributed by atoms with Crippen LogP contribution in [0, 0.1) is 25.5 Å². The molecule has 2 aromatic carbocycles. The van der Waals surface area contributed by atoms with Crippen molar-refractivity contribution >= 4 is 15.9 Å². The van der Waals surface area contributed by atoms with Crippen molar-refractivity contribution in [2.75, 3.05) is 6.54 Å². The number of benzene rings is 2. The summed E-state index contributed by atoms with van der Waals surface area (Å²) in [5.41, 5.74) is 4.02. The summed E-state index contributed by atoms with van der Waals surface area (Å²) in [6.07, 6.45) is 0. The average Bonchev–Trinajstić information content (AvgIpc) is 2.46. The fourth-order valence-electron chi connectivity index (χ4n) is 2.43. The summed E-state index contributed by atoms with van der Waals surface area (Å²) in [6, 6.07) is 8.78. The van der Waals surface area contributed by atoms with E-state index < -0.39 is 11.6 Å². The lowest BCUT2D eigenvalue weighted by molar-refractivity contribution is 0.498. The SMILES string of the molecule is CCNC(c1cc(C)ccc1C)c1ccc(F)c(F)c1Br. The summed E-state index contributed by atoms with van der Waals surface area (Å²) < 4.78 is 27.3. The Morgan fingerprint density at radius 3 is 2.48 bits per heavy atom. The quantitative estimate of drug-likeness (QED) is 0.759. The minimum atomic E-state index is -0.847. The Morgan fingerprint density at radius 1 is 1.10 bits per heavy atom. The zero-order valence-corrected chi connectivity index (χ0v) is 13.9. The number of rotatable bonds is 4. The molecule has 0 saturated carbocycles. The Bertz CT molecular complexity index is 655. The highest BCUT2D eigenvalue weighted by Crippen LogP contribution is 2.33. The monoisotopic (exact) mass is 353 g/mol. The molecule has 1 nitrogen and oxygen atoms in total. The smallest absolute Gasteiger partial charge is 0.173 e. The van der Waals surface area contributed by atoms with Gasteiger partial charge in [-0.25, -0.2) is 8.78 Å². The molecule has 1 unspecified atom stereocenters. The van der Waals surface area contributed by atoms with Crippen molar-refractivity contribution in [3.8, 4) is 0 Å². The minimum absolute atomic E-state index is 0.175. The first kappa shape index (κ1) is 16.1. The fourth-order valence-corrected chi connectivity index (χ4v) is 2.98. The number of aryl methyl sites for hydroxylation is 2. The van der Waals surface area contributed by atoms with E-state index in [-0.39, 0.29) is 10.5 Å². The summed E-state index contributed by atoms with van der Waals surface area (Å²) in [5.74, 6) is -1.69. The third-order valence-corrected chi connectivity index (χ3v) is 4.34. The second-order valence-electron chi connectivity index (χ2n) is 5.12. The van der Waals surface area contributed by atoms with E-state index in [1.54, 1.807) is 6.07 Å². The highest BCUT2D eigenvalue weighted by Gasteiger charge is 2.21. The summed E-state index contributed by atoms with van der Waals surface area (Å²) in [6.45, 7) is 6.76. The summed E-state index contributed by atoms with van der Waals surface area (Å²) in [7, 11) is 0.